The molecule has 108 valence electrons. The number of hydrogen-bond acceptors (Lipinski definition) is 4. The fourth-order valence-corrected chi connectivity index (χ4v) is 2.14. The topological polar surface area (TPSA) is 71.9 Å². The van der Waals surface area contributed by atoms with Crippen molar-refractivity contribution in [2.75, 3.05) is 0 Å². The predicted octanol–water partition coefficient (Wildman–Crippen LogP) is 2.73. The van der Waals surface area contributed by atoms with Crippen LogP contribution in [0.2, 0.25) is 0 Å². The first-order valence-corrected chi connectivity index (χ1v) is 6.91. The van der Waals surface area contributed by atoms with Gasteiger partial charge < -0.3 is 10.5 Å². The largest absolute Gasteiger partial charge is 0.489 e. The van der Waals surface area contributed by atoms with Gasteiger partial charge in [-0.1, -0.05) is 17.7 Å². The smallest absolute Gasteiger partial charge is 0.140 e. The minimum Gasteiger partial charge on any atom is -0.489 e. The lowest BCUT2D eigenvalue weighted by atomic mass is 10.0. The van der Waals surface area contributed by atoms with Gasteiger partial charge in [-0.25, -0.2) is 4.98 Å². The first-order chi connectivity index (χ1) is 10.1. The van der Waals surface area contributed by atoms with Crippen molar-refractivity contribution in [1.29, 1.82) is 5.26 Å². The molecule has 0 spiro atoms. The van der Waals surface area contributed by atoms with Crippen LogP contribution in [0.4, 0.5) is 0 Å². The summed E-state index contributed by atoms with van der Waals surface area (Å²) in [5.74, 6) is 0.841. The van der Waals surface area contributed by atoms with E-state index in [0.29, 0.717) is 12.3 Å². The molecule has 2 N–H and O–H groups in total. The average molecular weight is 281 g/mol. The summed E-state index contributed by atoms with van der Waals surface area (Å²) in [4.78, 5) is 3.95. The zero-order valence-corrected chi connectivity index (χ0v) is 12.3. The number of nitrogens with two attached hydrogens (primary N) is 1. The number of nitrogens with zero attached hydrogens (tertiary/aromatic N) is 2. The molecule has 0 aliphatic rings. The number of benzene rings is 1. The van der Waals surface area contributed by atoms with Gasteiger partial charge in [0.1, 0.15) is 24.1 Å². The minimum atomic E-state index is 0.0836. The van der Waals surface area contributed by atoms with Gasteiger partial charge in [0, 0.05) is 12.2 Å². The van der Waals surface area contributed by atoms with Gasteiger partial charge in [0.05, 0.1) is 0 Å². The van der Waals surface area contributed by atoms with Crippen LogP contribution in [0.5, 0.6) is 5.75 Å². The number of hydrogen-bond donors (Lipinski definition) is 1. The fourth-order valence-electron chi connectivity index (χ4n) is 2.14. The second kappa shape index (κ2) is 6.87. The summed E-state index contributed by atoms with van der Waals surface area (Å²) in [6, 6.07) is 11.8. The highest BCUT2D eigenvalue weighted by molar-refractivity contribution is 5.37. The summed E-state index contributed by atoms with van der Waals surface area (Å²) in [5, 5.41) is 8.85. The van der Waals surface area contributed by atoms with E-state index in [1.54, 1.807) is 12.3 Å². The average Bonchev–Trinajstić information content (AvgIpc) is 2.46. The maximum atomic E-state index is 8.85. The van der Waals surface area contributed by atoms with E-state index in [9.17, 15) is 0 Å². The van der Waals surface area contributed by atoms with Gasteiger partial charge >= 0.3 is 0 Å². The fraction of sp³-hybridized carbons (Fsp3) is 0.294. The van der Waals surface area contributed by atoms with E-state index in [1.165, 1.54) is 5.56 Å². The van der Waals surface area contributed by atoms with Gasteiger partial charge in [-0.2, -0.15) is 5.26 Å². The molecule has 0 fully saturated rings. The number of ether oxygens (including phenoxy) is 1. The molecule has 4 heteroatoms. The normalized spacial score (nSPS) is 11.7. The van der Waals surface area contributed by atoms with Crippen LogP contribution in [0.15, 0.2) is 36.5 Å². The molecule has 1 heterocycles. The molecular formula is C17H19N3O. The summed E-state index contributed by atoms with van der Waals surface area (Å²) in [6.07, 6.45) is 2.39. The highest BCUT2D eigenvalue weighted by Crippen LogP contribution is 2.22. The molecule has 1 atom stereocenters. The molecule has 2 aromatic rings. The molecule has 0 saturated carbocycles. The van der Waals surface area contributed by atoms with Crippen molar-refractivity contribution in [3.8, 4) is 11.8 Å². The van der Waals surface area contributed by atoms with E-state index in [-0.39, 0.29) is 6.04 Å². The Kier molecular flexibility index (Phi) is 4.91. The second-order valence-electron chi connectivity index (χ2n) is 5.24. The Morgan fingerprint density at radius 3 is 2.86 bits per heavy atom. The Balaban J connectivity index is 2.14. The zero-order chi connectivity index (χ0) is 15.2. The quantitative estimate of drug-likeness (QED) is 0.914. The number of aryl methyl sites for hydroxylation is 1. The molecule has 0 amide bonds. The van der Waals surface area contributed by atoms with Crippen LogP contribution in [0.25, 0.3) is 0 Å². The number of nitriles is 1. The summed E-state index contributed by atoms with van der Waals surface area (Å²) in [7, 11) is 0. The molecule has 2 rings (SSSR count). The van der Waals surface area contributed by atoms with Crippen molar-refractivity contribution in [2.24, 2.45) is 5.73 Å². The van der Waals surface area contributed by atoms with Gasteiger partial charge in [0.15, 0.2) is 0 Å². The third-order valence-corrected chi connectivity index (χ3v) is 3.09. The Morgan fingerprint density at radius 2 is 2.14 bits per heavy atom. The maximum Gasteiger partial charge on any atom is 0.140 e. The highest BCUT2D eigenvalue weighted by atomic mass is 16.5. The van der Waals surface area contributed by atoms with Crippen LogP contribution < -0.4 is 10.5 Å². The number of rotatable bonds is 5. The maximum absolute atomic E-state index is 8.85. The molecule has 1 unspecified atom stereocenters. The van der Waals surface area contributed by atoms with Crippen molar-refractivity contribution in [1.82, 2.24) is 4.98 Å². The van der Waals surface area contributed by atoms with Gasteiger partial charge in [0.2, 0.25) is 0 Å². The highest BCUT2D eigenvalue weighted by Gasteiger charge is 2.07. The molecular weight excluding hydrogens is 262 g/mol. The molecule has 0 saturated heterocycles. The molecule has 1 aromatic heterocycles. The van der Waals surface area contributed by atoms with Crippen molar-refractivity contribution in [3.63, 3.8) is 0 Å². The van der Waals surface area contributed by atoms with Crippen LogP contribution >= 0.6 is 0 Å². The van der Waals surface area contributed by atoms with E-state index < -0.39 is 0 Å². The molecule has 0 radical (unpaired) electrons. The summed E-state index contributed by atoms with van der Waals surface area (Å²) < 4.78 is 5.89. The Morgan fingerprint density at radius 1 is 1.33 bits per heavy atom. The van der Waals surface area contributed by atoms with Crippen molar-refractivity contribution < 1.29 is 4.74 Å². The molecule has 0 bridgehead atoms. The lowest BCUT2D eigenvalue weighted by Crippen LogP contribution is -2.18. The first kappa shape index (κ1) is 15.0. The van der Waals surface area contributed by atoms with E-state index >= 15 is 0 Å². The van der Waals surface area contributed by atoms with Crippen molar-refractivity contribution in [3.05, 3.63) is 58.9 Å². The van der Waals surface area contributed by atoms with Crippen molar-refractivity contribution >= 4 is 0 Å². The van der Waals surface area contributed by atoms with Crippen LogP contribution in [0.1, 0.15) is 29.3 Å². The lowest BCUT2D eigenvalue weighted by molar-refractivity contribution is 0.302. The van der Waals surface area contributed by atoms with Crippen LogP contribution in [0.3, 0.4) is 0 Å². The standard InChI is InChI=1S/C17H19N3O/c1-12-3-4-17(15(7-12)8-13(2)19)21-11-14-5-6-20-16(9-14)10-18/h3-7,9,13H,8,11,19H2,1-2H3. The monoisotopic (exact) mass is 281 g/mol. The summed E-state index contributed by atoms with van der Waals surface area (Å²) >= 11 is 0. The Hall–Kier alpha value is -2.38. The van der Waals surface area contributed by atoms with Crippen LogP contribution in [0, 0.1) is 18.3 Å². The summed E-state index contributed by atoms with van der Waals surface area (Å²) in [5.41, 5.74) is 9.51. The summed E-state index contributed by atoms with van der Waals surface area (Å²) in [6.45, 7) is 4.44. The molecule has 0 aliphatic heterocycles. The third kappa shape index (κ3) is 4.30. The van der Waals surface area contributed by atoms with Gasteiger partial charge in [0.25, 0.3) is 0 Å². The van der Waals surface area contributed by atoms with Gasteiger partial charge in [-0.3, -0.25) is 0 Å². The van der Waals surface area contributed by atoms with Crippen molar-refractivity contribution in [2.45, 2.75) is 32.9 Å². The van der Waals surface area contributed by atoms with E-state index in [2.05, 4.69) is 18.0 Å². The molecule has 0 aliphatic carbocycles. The molecule has 1 aromatic carbocycles. The van der Waals surface area contributed by atoms with Crippen LogP contribution in [-0.4, -0.2) is 11.0 Å². The third-order valence-electron chi connectivity index (χ3n) is 3.09. The lowest BCUT2D eigenvalue weighted by Gasteiger charge is -2.14. The number of pyridine rings is 1. The minimum absolute atomic E-state index is 0.0836. The predicted molar refractivity (Wildman–Crippen MR) is 81.8 cm³/mol. The van der Waals surface area contributed by atoms with Crippen LogP contribution in [-0.2, 0) is 13.0 Å². The second-order valence-corrected chi connectivity index (χ2v) is 5.24. The Bertz CT molecular complexity index is 659. The van der Waals surface area contributed by atoms with E-state index in [1.807, 2.05) is 31.2 Å². The van der Waals surface area contributed by atoms with Gasteiger partial charge in [-0.15, -0.1) is 0 Å². The van der Waals surface area contributed by atoms with E-state index in [0.717, 1.165) is 23.3 Å². The van der Waals surface area contributed by atoms with E-state index in [4.69, 9.17) is 15.7 Å². The molecule has 21 heavy (non-hydrogen) atoms. The molecule has 4 nitrogen and oxygen atoms in total. The zero-order valence-electron chi connectivity index (χ0n) is 12.3. The first-order valence-electron chi connectivity index (χ1n) is 6.91. The number of aromatic nitrogens is 1. The Labute approximate surface area is 125 Å². The van der Waals surface area contributed by atoms with Gasteiger partial charge in [-0.05, 0) is 49.6 Å². The SMILES string of the molecule is Cc1ccc(OCc2ccnc(C#N)c2)c(CC(C)N)c1.